The fourth-order valence-corrected chi connectivity index (χ4v) is 2.75. The van der Waals surface area contributed by atoms with Crippen molar-refractivity contribution in [3.63, 3.8) is 0 Å². The summed E-state index contributed by atoms with van der Waals surface area (Å²) in [6.45, 7) is 0. The Labute approximate surface area is 143 Å². The monoisotopic (exact) mass is 337 g/mol. The van der Waals surface area contributed by atoms with Gasteiger partial charge in [0.15, 0.2) is 0 Å². The molecular weight excluding hydrogens is 322 g/mol. The molecule has 0 aromatic heterocycles. The van der Waals surface area contributed by atoms with E-state index in [9.17, 15) is 19.8 Å². The molecule has 126 valence electrons. The molecule has 0 unspecified atom stereocenters. The van der Waals surface area contributed by atoms with Crippen molar-refractivity contribution in [2.24, 2.45) is 4.99 Å². The molecule has 3 rings (SSSR count). The Balaban J connectivity index is 2.19. The third-order valence-corrected chi connectivity index (χ3v) is 4.05. The first-order valence-electron chi connectivity index (χ1n) is 7.47. The van der Waals surface area contributed by atoms with Crippen molar-refractivity contribution in [2.75, 3.05) is 7.11 Å². The lowest BCUT2D eigenvalue weighted by atomic mass is 9.86. The summed E-state index contributed by atoms with van der Waals surface area (Å²) in [5.74, 6) is -2.48. The average molecular weight is 337 g/mol. The molecule has 0 saturated carbocycles. The van der Waals surface area contributed by atoms with E-state index in [1.165, 1.54) is 13.2 Å². The number of carboxylic acid groups (broad SMARTS) is 2. The van der Waals surface area contributed by atoms with Gasteiger partial charge >= 0.3 is 11.9 Å². The minimum Gasteiger partial charge on any atom is -0.497 e. The van der Waals surface area contributed by atoms with E-state index in [0.29, 0.717) is 22.6 Å². The predicted molar refractivity (Wildman–Crippen MR) is 92.0 cm³/mol. The maximum Gasteiger partial charge on any atom is 0.348 e. The smallest absolute Gasteiger partial charge is 0.348 e. The van der Waals surface area contributed by atoms with Crippen LogP contribution in [-0.2, 0) is 9.59 Å². The molecule has 25 heavy (non-hydrogen) atoms. The molecule has 0 fully saturated rings. The van der Waals surface area contributed by atoms with Crippen LogP contribution in [-0.4, -0.2) is 40.5 Å². The third-order valence-electron chi connectivity index (χ3n) is 4.05. The fraction of sp³-hybridized carbons (Fsp3) is 0.105. The molecular formula is C19H15NO5. The van der Waals surface area contributed by atoms with Crippen molar-refractivity contribution >= 4 is 23.2 Å². The normalized spacial score (nSPS) is 15.2. The molecule has 2 N–H and O–H groups in total. The van der Waals surface area contributed by atoms with Crippen molar-refractivity contribution in [1.82, 2.24) is 0 Å². The zero-order valence-corrected chi connectivity index (χ0v) is 13.3. The van der Waals surface area contributed by atoms with Gasteiger partial charge in [-0.1, -0.05) is 42.5 Å². The van der Waals surface area contributed by atoms with Gasteiger partial charge in [-0.25, -0.2) is 9.59 Å². The van der Waals surface area contributed by atoms with Crippen molar-refractivity contribution in [3.8, 4) is 5.75 Å². The van der Waals surface area contributed by atoms with Gasteiger partial charge in [-0.3, -0.25) is 4.99 Å². The van der Waals surface area contributed by atoms with Crippen molar-refractivity contribution in [2.45, 2.75) is 5.54 Å². The van der Waals surface area contributed by atoms with Crippen LogP contribution in [0.1, 0.15) is 11.1 Å². The number of hydrogen-bond donors (Lipinski definition) is 2. The van der Waals surface area contributed by atoms with Crippen LogP contribution < -0.4 is 4.74 Å². The van der Waals surface area contributed by atoms with E-state index in [1.54, 1.807) is 48.5 Å². The molecule has 0 saturated heterocycles. The molecule has 0 aliphatic carbocycles. The number of hydrogen-bond acceptors (Lipinski definition) is 4. The summed E-state index contributed by atoms with van der Waals surface area (Å²) >= 11 is 0. The zero-order chi connectivity index (χ0) is 18.0. The van der Waals surface area contributed by atoms with Crippen LogP contribution in [0.3, 0.4) is 0 Å². The van der Waals surface area contributed by atoms with Gasteiger partial charge in [0.05, 0.1) is 12.8 Å². The number of carbonyl (C=O) groups is 2. The summed E-state index contributed by atoms with van der Waals surface area (Å²) in [6, 6.07) is 15.4. The third kappa shape index (κ3) is 2.67. The van der Waals surface area contributed by atoms with Gasteiger partial charge in [0.25, 0.3) is 5.54 Å². The highest BCUT2D eigenvalue weighted by molar-refractivity contribution is 6.27. The summed E-state index contributed by atoms with van der Waals surface area (Å²) in [5.41, 5.74) is -0.844. The first kappa shape index (κ1) is 16.4. The Morgan fingerprint density at radius 2 is 1.52 bits per heavy atom. The number of aliphatic carboxylic acids is 2. The van der Waals surface area contributed by atoms with Crippen LogP contribution in [0, 0.1) is 0 Å². The first-order chi connectivity index (χ1) is 12.0. The van der Waals surface area contributed by atoms with Crippen LogP contribution >= 0.6 is 0 Å². The number of allylic oxidation sites excluding steroid dienone is 1. The van der Waals surface area contributed by atoms with E-state index >= 15 is 0 Å². The quantitative estimate of drug-likeness (QED) is 0.817. The van der Waals surface area contributed by atoms with Gasteiger partial charge in [-0.15, -0.1) is 0 Å². The Bertz CT molecular complexity index is 868. The van der Waals surface area contributed by atoms with Crippen LogP contribution in [0.2, 0.25) is 0 Å². The zero-order valence-electron chi connectivity index (χ0n) is 13.3. The van der Waals surface area contributed by atoms with Crippen molar-refractivity contribution in [3.05, 3.63) is 71.8 Å². The molecule has 0 atom stereocenters. The SMILES string of the molecule is COc1ccc(C2=CC(c3ccccc3)=NC2(C(=O)O)C(=O)O)cc1. The summed E-state index contributed by atoms with van der Waals surface area (Å²) in [6.07, 6.45) is 1.51. The van der Waals surface area contributed by atoms with Gasteiger partial charge in [-0.2, -0.15) is 0 Å². The highest BCUT2D eigenvalue weighted by Gasteiger charge is 2.53. The molecule has 1 heterocycles. The van der Waals surface area contributed by atoms with Crippen LogP contribution in [0.25, 0.3) is 5.57 Å². The Morgan fingerprint density at radius 3 is 2.04 bits per heavy atom. The highest BCUT2D eigenvalue weighted by Crippen LogP contribution is 2.38. The van der Waals surface area contributed by atoms with E-state index in [1.807, 2.05) is 6.07 Å². The van der Waals surface area contributed by atoms with Crippen LogP contribution in [0.15, 0.2) is 65.7 Å². The second-order valence-corrected chi connectivity index (χ2v) is 5.47. The molecule has 6 heteroatoms. The fourth-order valence-electron chi connectivity index (χ4n) is 2.75. The first-order valence-corrected chi connectivity index (χ1v) is 7.47. The second-order valence-electron chi connectivity index (χ2n) is 5.47. The van der Waals surface area contributed by atoms with Crippen LogP contribution in [0.5, 0.6) is 5.75 Å². The highest BCUT2D eigenvalue weighted by atomic mass is 16.5. The molecule has 1 aliphatic heterocycles. The maximum absolute atomic E-state index is 11.9. The molecule has 2 aromatic rings. The van der Waals surface area contributed by atoms with Gasteiger partial charge in [0, 0.05) is 5.57 Å². The number of rotatable bonds is 5. The van der Waals surface area contributed by atoms with E-state index in [2.05, 4.69) is 4.99 Å². The Morgan fingerprint density at radius 1 is 0.920 bits per heavy atom. The molecule has 0 radical (unpaired) electrons. The number of benzene rings is 2. The number of aliphatic imine (C=N–C) groups is 1. The van der Waals surface area contributed by atoms with Gasteiger partial charge in [0.1, 0.15) is 5.75 Å². The standard InChI is InChI=1S/C19H15NO5/c1-25-14-9-7-12(8-10-14)15-11-16(13-5-3-2-4-6-13)20-19(15,17(21)22)18(23)24/h2-11H,1H3,(H,21,22)(H,23,24). The minimum atomic E-state index is -2.38. The Kier molecular flexibility index (Phi) is 4.10. The number of ether oxygens (including phenoxy) is 1. The number of nitrogens with zero attached hydrogens (tertiary/aromatic N) is 1. The summed E-state index contributed by atoms with van der Waals surface area (Å²) in [4.78, 5) is 27.9. The minimum absolute atomic E-state index is 0.106. The number of carboxylic acids is 2. The molecule has 6 nitrogen and oxygen atoms in total. The van der Waals surface area contributed by atoms with E-state index in [0.717, 1.165) is 0 Å². The van der Waals surface area contributed by atoms with Crippen molar-refractivity contribution < 1.29 is 24.5 Å². The predicted octanol–water partition coefficient (Wildman–Crippen LogP) is 2.49. The van der Waals surface area contributed by atoms with E-state index < -0.39 is 17.5 Å². The van der Waals surface area contributed by atoms with Crippen molar-refractivity contribution in [1.29, 1.82) is 0 Å². The van der Waals surface area contributed by atoms with E-state index in [4.69, 9.17) is 4.74 Å². The van der Waals surface area contributed by atoms with Gasteiger partial charge < -0.3 is 14.9 Å². The molecule has 0 spiro atoms. The summed E-state index contributed by atoms with van der Waals surface area (Å²) in [5, 5.41) is 19.4. The average Bonchev–Trinajstić information content (AvgIpc) is 3.05. The molecule has 1 aliphatic rings. The lowest BCUT2D eigenvalue weighted by Gasteiger charge is -2.20. The molecule has 0 amide bonds. The van der Waals surface area contributed by atoms with Gasteiger partial charge in [-0.05, 0) is 29.3 Å². The largest absolute Gasteiger partial charge is 0.497 e. The lowest BCUT2D eigenvalue weighted by Crippen LogP contribution is -2.44. The maximum atomic E-state index is 11.9. The Hall–Kier alpha value is -3.41. The molecule has 0 bridgehead atoms. The van der Waals surface area contributed by atoms with E-state index in [-0.39, 0.29) is 5.57 Å². The lowest BCUT2D eigenvalue weighted by molar-refractivity contribution is -0.153. The topological polar surface area (TPSA) is 96.2 Å². The van der Waals surface area contributed by atoms with Crippen LogP contribution in [0.4, 0.5) is 0 Å². The van der Waals surface area contributed by atoms with Gasteiger partial charge in [0.2, 0.25) is 0 Å². The number of methoxy groups -OCH3 is 1. The molecule has 2 aromatic carbocycles. The summed E-state index contributed by atoms with van der Waals surface area (Å²) < 4.78 is 5.09. The second kappa shape index (κ2) is 6.24. The summed E-state index contributed by atoms with van der Waals surface area (Å²) in [7, 11) is 1.51.